The first kappa shape index (κ1) is 11.3. The molecular formula is C11H9N3O2S. The summed E-state index contributed by atoms with van der Waals surface area (Å²) in [5.41, 5.74) is 2.50. The highest BCUT2D eigenvalue weighted by atomic mass is 32.1. The van der Waals surface area contributed by atoms with Crippen molar-refractivity contribution in [3.05, 3.63) is 46.4 Å². The Labute approximate surface area is 101 Å². The van der Waals surface area contributed by atoms with Gasteiger partial charge in [-0.15, -0.1) is 11.3 Å². The fourth-order valence-corrected chi connectivity index (χ4v) is 1.67. The fraction of sp³-hybridized carbons (Fsp3) is 0. The molecule has 0 aliphatic carbocycles. The van der Waals surface area contributed by atoms with Gasteiger partial charge in [-0.1, -0.05) is 12.1 Å². The second-order valence-electron chi connectivity index (χ2n) is 3.09. The van der Waals surface area contributed by atoms with Crippen molar-refractivity contribution in [2.75, 3.05) is 0 Å². The highest BCUT2D eigenvalue weighted by molar-refractivity contribution is 7.11. The zero-order chi connectivity index (χ0) is 12.1. The first-order valence-corrected chi connectivity index (χ1v) is 5.66. The number of hydrogen-bond acceptors (Lipinski definition) is 5. The summed E-state index contributed by atoms with van der Waals surface area (Å²) in [7, 11) is 0. The van der Waals surface area contributed by atoms with E-state index in [1.807, 2.05) is 5.38 Å². The molecule has 1 aromatic heterocycles. The smallest absolute Gasteiger partial charge is 0.275 e. The van der Waals surface area contributed by atoms with Crippen molar-refractivity contribution in [3.8, 4) is 5.75 Å². The van der Waals surface area contributed by atoms with E-state index in [2.05, 4.69) is 15.5 Å². The van der Waals surface area contributed by atoms with Crippen LogP contribution in [-0.4, -0.2) is 22.2 Å². The molecule has 0 unspecified atom stereocenters. The van der Waals surface area contributed by atoms with Crippen LogP contribution in [0.2, 0.25) is 0 Å². The summed E-state index contributed by atoms with van der Waals surface area (Å²) in [5.74, 6) is -0.537. The van der Waals surface area contributed by atoms with Crippen LogP contribution in [0, 0.1) is 0 Å². The van der Waals surface area contributed by atoms with Gasteiger partial charge in [-0.25, -0.2) is 10.4 Å². The number of aromatic nitrogens is 1. The number of carbonyl (C=O) groups excluding carboxylic acids is 1. The van der Waals surface area contributed by atoms with Crippen LogP contribution < -0.4 is 5.43 Å². The van der Waals surface area contributed by atoms with Crippen LogP contribution in [-0.2, 0) is 0 Å². The fourth-order valence-electron chi connectivity index (χ4n) is 1.17. The van der Waals surface area contributed by atoms with Crippen LogP contribution in [0.5, 0.6) is 5.75 Å². The predicted molar refractivity (Wildman–Crippen MR) is 65.3 cm³/mol. The summed E-state index contributed by atoms with van der Waals surface area (Å²) in [6.07, 6.45) is 3.10. The number of para-hydroxylation sites is 1. The number of benzene rings is 1. The van der Waals surface area contributed by atoms with Gasteiger partial charge in [-0.3, -0.25) is 4.79 Å². The Morgan fingerprint density at radius 3 is 3.00 bits per heavy atom. The summed E-state index contributed by atoms with van der Waals surface area (Å²) in [5, 5.41) is 15.7. The lowest BCUT2D eigenvalue weighted by Crippen LogP contribution is -2.17. The zero-order valence-corrected chi connectivity index (χ0v) is 9.52. The predicted octanol–water partition coefficient (Wildman–Crippen LogP) is 1.61. The number of hydrogen-bond donors (Lipinski definition) is 2. The van der Waals surface area contributed by atoms with Gasteiger partial charge in [0.15, 0.2) is 0 Å². The molecule has 2 aromatic rings. The molecule has 0 aliphatic rings. The van der Waals surface area contributed by atoms with Crippen molar-refractivity contribution in [3.63, 3.8) is 0 Å². The molecule has 17 heavy (non-hydrogen) atoms. The number of phenolic OH excluding ortho intramolecular Hbond substituents is 1. The summed E-state index contributed by atoms with van der Waals surface area (Å²) in [6.45, 7) is 0. The minimum atomic E-state index is -0.462. The van der Waals surface area contributed by atoms with Crippen LogP contribution in [0.4, 0.5) is 0 Å². The monoisotopic (exact) mass is 247 g/mol. The molecule has 0 saturated heterocycles. The van der Waals surface area contributed by atoms with Gasteiger partial charge in [0.05, 0.1) is 11.8 Å². The molecule has 0 spiro atoms. The van der Waals surface area contributed by atoms with E-state index >= 15 is 0 Å². The Morgan fingerprint density at radius 2 is 2.29 bits per heavy atom. The Morgan fingerprint density at radius 1 is 1.47 bits per heavy atom. The molecule has 1 heterocycles. The SMILES string of the molecule is O=C(N/N=C/c1nccs1)c1ccccc1O. The molecule has 0 saturated carbocycles. The van der Waals surface area contributed by atoms with Crippen LogP contribution in [0.1, 0.15) is 15.4 Å². The summed E-state index contributed by atoms with van der Waals surface area (Å²) >= 11 is 1.41. The van der Waals surface area contributed by atoms with E-state index in [-0.39, 0.29) is 11.3 Å². The number of rotatable bonds is 3. The van der Waals surface area contributed by atoms with Crippen molar-refractivity contribution in [1.82, 2.24) is 10.4 Å². The Bertz CT molecular complexity index is 537. The molecule has 86 valence electrons. The van der Waals surface area contributed by atoms with E-state index in [0.29, 0.717) is 5.01 Å². The standard InChI is InChI=1S/C11H9N3O2S/c15-9-4-2-1-3-8(9)11(16)14-13-7-10-12-5-6-17-10/h1-7,15H,(H,14,16)/b13-7+. The Kier molecular flexibility index (Phi) is 3.46. The number of aromatic hydroxyl groups is 1. The molecule has 1 amide bonds. The van der Waals surface area contributed by atoms with Crippen LogP contribution in [0.3, 0.4) is 0 Å². The van der Waals surface area contributed by atoms with E-state index in [1.165, 1.54) is 29.7 Å². The molecule has 2 N–H and O–H groups in total. The van der Waals surface area contributed by atoms with Gasteiger partial charge in [-0.2, -0.15) is 5.10 Å². The lowest BCUT2D eigenvalue weighted by atomic mass is 10.2. The van der Waals surface area contributed by atoms with Gasteiger partial charge < -0.3 is 5.11 Å². The quantitative estimate of drug-likeness (QED) is 0.639. The molecule has 0 atom stereocenters. The number of carbonyl (C=O) groups is 1. The summed E-state index contributed by atoms with van der Waals surface area (Å²) in [6, 6.07) is 6.27. The van der Waals surface area contributed by atoms with E-state index < -0.39 is 5.91 Å². The Hall–Kier alpha value is -2.21. The number of hydrazone groups is 1. The van der Waals surface area contributed by atoms with Gasteiger partial charge >= 0.3 is 0 Å². The maximum absolute atomic E-state index is 11.6. The maximum Gasteiger partial charge on any atom is 0.275 e. The van der Waals surface area contributed by atoms with Gasteiger partial charge in [0.2, 0.25) is 0 Å². The van der Waals surface area contributed by atoms with Crippen LogP contribution in [0.15, 0.2) is 40.9 Å². The van der Waals surface area contributed by atoms with Crippen LogP contribution >= 0.6 is 11.3 Å². The number of thiazole rings is 1. The highest BCUT2D eigenvalue weighted by Gasteiger charge is 2.08. The molecule has 5 nitrogen and oxygen atoms in total. The van der Waals surface area contributed by atoms with Crippen molar-refractivity contribution in [2.24, 2.45) is 5.10 Å². The third-order valence-electron chi connectivity index (χ3n) is 1.94. The van der Waals surface area contributed by atoms with Crippen molar-refractivity contribution in [1.29, 1.82) is 0 Å². The zero-order valence-electron chi connectivity index (χ0n) is 8.70. The molecule has 6 heteroatoms. The second-order valence-corrected chi connectivity index (χ2v) is 4.01. The Balaban J connectivity index is 2.01. The minimum absolute atomic E-state index is 0.0746. The second kappa shape index (κ2) is 5.22. The van der Waals surface area contributed by atoms with E-state index in [9.17, 15) is 9.90 Å². The van der Waals surface area contributed by atoms with Gasteiger partial charge in [0.1, 0.15) is 10.8 Å². The molecule has 2 rings (SSSR count). The molecular weight excluding hydrogens is 238 g/mol. The largest absolute Gasteiger partial charge is 0.507 e. The average molecular weight is 247 g/mol. The average Bonchev–Trinajstić information content (AvgIpc) is 2.82. The topological polar surface area (TPSA) is 74.6 Å². The van der Waals surface area contributed by atoms with Crippen molar-refractivity contribution < 1.29 is 9.90 Å². The summed E-state index contributed by atoms with van der Waals surface area (Å²) in [4.78, 5) is 15.6. The number of nitrogens with one attached hydrogen (secondary N) is 1. The first-order chi connectivity index (χ1) is 8.27. The van der Waals surface area contributed by atoms with Gasteiger partial charge in [0.25, 0.3) is 5.91 Å². The lowest BCUT2D eigenvalue weighted by molar-refractivity contribution is 0.0952. The third kappa shape index (κ3) is 2.88. The lowest BCUT2D eigenvalue weighted by Gasteiger charge is -2.01. The molecule has 1 aromatic carbocycles. The minimum Gasteiger partial charge on any atom is -0.507 e. The molecule has 0 radical (unpaired) electrons. The van der Waals surface area contributed by atoms with Gasteiger partial charge in [-0.05, 0) is 12.1 Å². The number of phenols is 1. The molecule has 0 fully saturated rings. The first-order valence-electron chi connectivity index (χ1n) is 4.78. The van der Waals surface area contributed by atoms with E-state index in [0.717, 1.165) is 0 Å². The van der Waals surface area contributed by atoms with Crippen molar-refractivity contribution >= 4 is 23.5 Å². The molecule has 0 aliphatic heterocycles. The van der Waals surface area contributed by atoms with E-state index in [1.54, 1.807) is 18.3 Å². The summed E-state index contributed by atoms with van der Waals surface area (Å²) < 4.78 is 0. The van der Waals surface area contributed by atoms with E-state index in [4.69, 9.17) is 0 Å². The number of amides is 1. The number of nitrogens with zero attached hydrogens (tertiary/aromatic N) is 2. The van der Waals surface area contributed by atoms with Crippen LogP contribution in [0.25, 0.3) is 0 Å². The maximum atomic E-state index is 11.6. The van der Waals surface area contributed by atoms with Crippen molar-refractivity contribution in [2.45, 2.75) is 0 Å². The molecule has 0 bridgehead atoms. The third-order valence-corrected chi connectivity index (χ3v) is 2.65. The highest BCUT2D eigenvalue weighted by Crippen LogP contribution is 2.14. The normalized spacial score (nSPS) is 10.6. The van der Waals surface area contributed by atoms with Gasteiger partial charge in [0, 0.05) is 11.6 Å².